The lowest BCUT2D eigenvalue weighted by molar-refractivity contribution is 0.470. The molecule has 0 aliphatic carbocycles. The molecule has 1 heteroatoms. The van der Waals surface area contributed by atoms with Crippen LogP contribution >= 0.6 is 0 Å². The molecule has 0 aromatic rings. The molecule has 0 aliphatic heterocycles. The molecule has 0 fully saturated rings. The van der Waals surface area contributed by atoms with Crippen molar-refractivity contribution in [3.05, 3.63) is 24.3 Å². The van der Waals surface area contributed by atoms with Gasteiger partial charge in [-0.05, 0) is 50.9 Å². The third-order valence-electron chi connectivity index (χ3n) is 5.88. The number of rotatable bonds is 22. The minimum atomic E-state index is 0.451. The van der Waals surface area contributed by atoms with Gasteiger partial charge < -0.3 is 5.73 Å². The highest BCUT2D eigenvalue weighted by Gasteiger charge is 2.02. The van der Waals surface area contributed by atoms with Crippen molar-refractivity contribution in [3.63, 3.8) is 0 Å². The zero-order valence-electron chi connectivity index (χ0n) is 20.5. The number of allylic oxidation sites excluding steroid dienone is 4. The topological polar surface area (TPSA) is 26.0 Å². The maximum absolute atomic E-state index is 6.27. The average Bonchev–Trinajstić information content (AvgIpc) is 2.69. The van der Waals surface area contributed by atoms with Crippen LogP contribution in [0.4, 0.5) is 0 Å². The summed E-state index contributed by atoms with van der Waals surface area (Å²) >= 11 is 0. The lowest BCUT2D eigenvalue weighted by Crippen LogP contribution is -2.19. The van der Waals surface area contributed by atoms with Crippen LogP contribution in [0.5, 0.6) is 0 Å². The van der Waals surface area contributed by atoms with Crippen LogP contribution in [0, 0.1) is 5.92 Å². The Bertz CT molecular complexity index is 355. The summed E-state index contributed by atoms with van der Waals surface area (Å²) in [7, 11) is 0. The highest BCUT2D eigenvalue weighted by atomic mass is 14.6. The van der Waals surface area contributed by atoms with E-state index >= 15 is 0 Å². The van der Waals surface area contributed by atoms with Crippen LogP contribution in [0.3, 0.4) is 0 Å². The van der Waals surface area contributed by atoms with Crippen LogP contribution in [0.1, 0.15) is 143 Å². The molecule has 0 saturated carbocycles. The molecule has 2 N–H and O–H groups in total. The molecule has 1 atom stereocenters. The van der Waals surface area contributed by atoms with Crippen molar-refractivity contribution in [2.24, 2.45) is 11.7 Å². The van der Waals surface area contributed by atoms with E-state index in [-0.39, 0.29) is 0 Å². The summed E-state index contributed by atoms with van der Waals surface area (Å²) in [5, 5.41) is 0. The van der Waals surface area contributed by atoms with Crippen molar-refractivity contribution < 1.29 is 0 Å². The van der Waals surface area contributed by atoms with Gasteiger partial charge in [0.15, 0.2) is 0 Å². The zero-order chi connectivity index (χ0) is 21.4. The molecule has 1 unspecified atom stereocenters. The fourth-order valence-corrected chi connectivity index (χ4v) is 3.85. The summed E-state index contributed by atoms with van der Waals surface area (Å²) in [5.41, 5.74) is 6.27. The van der Waals surface area contributed by atoms with Crippen LogP contribution in [-0.2, 0) is 0 Å². The van der Waals surface area contributed by atoms with Crippen LogP contribution in [0.15, 0.2) is 24.3 Å². The van der Waals surface area contributed by atoms with E-state index in [2.05, 4.69) is 45.1 Å². The number of hydrogen-bond acceptors (Lipinski definition) is 1. The second-order valence-electron chi connectivity index (χ2n) is 9.52. The van der Waals surface area contributed by atoms with Crippen molar-refractivity contribution in [2.45, 2.75) is 149 Å². The Morgan fingerprint density at radius 3 is 1.55 bits per heavy atom. The van der Waals surface area contributed by atoms with Crippen LogP contribution in [0.2, 0.25) is 0 Å². The molecule has 0 aromatic carbocycles. The molecular weight excluding hydrogens is 350 g/mol. The van der Waals surface area contributed by atoms with E-state index in [9.17, 15) is 0 Å². The molecule has 0 bridgehead atoms. The lowest BCUT2D eigenvalue weighted by atomic mass is 9.99. The van der Waals surface area contributed by atoms with Gasteiger partial charge in [0.05, 0.1) is 0 Å². The Hall–Kier alpha value is -0.560. The van der Waals surface area contributed by atoms with E-state index in [0.717, 1.165) is 12.3 Å². The van der Waals surface area contributed by atoms with Gasteiger partial charge in [-0.15, -0.1) is 0 Å². The van der Waals surface area contributed by atoms with Crippen molar-refractivity contribution in [2.75, 3.05) is 0 Å². The van der Waals surface area contributed by atoms with Crippen molar-refractivity contribution >= 4 is 0 Å². The molecule has 0 rings (SSSR count). The fourth-order valence-electron chi connectivity index (χ4n) is 3.85. The molecule has 0 amide bonds. The molecule has 172 valence electrons. The van der Waals surface area contributed by atoms with Gasteiger partial charge >= 0.3 is 0 Å². The second kappa shape index (κ2) is 23.7. The quantitative estimate of drug-likeness (QED) is 0.141. The molecular formula is C28H55N. The monoisotopic (exact) mass is 405 g/mol. The Balaban J connectivity index is 3.24. The van der Waals surface area contributed by atoms with Crippen LogP contribution in [-0.4, -0.2) is 6.04 Å². The van der Waals surface area contributed by atoms with Crippen molar-refractivity contribution in [3.8, 4) is 0 Å². The molecule has 0 heterocycles. The minimum absolute atomic E-state index is 0.451. The van der Waals surface area contributed by atoms with Crippen molar-refractivity contribution in [1.82, 2.24) is 0 Å². The summed E-state index contributed by atoms with van der Waals surface area (Å²) < 4.78 is 0. The summed E-state index contributed by atoms with van der Waals surface area (Å²) in [6.07, 6.45) is 34.7. The first-order chi connectivity index (χ1) is 14.2. The normalized spacial score (nSPS) is 13.3. The maximum atomic E-state index is 6.27. The Kier molecular flexibility index (Phi) is 23.3. The number of unbranched alkanes of at least 4 members (excludes halogenated alkanes) is 12. The van der Waals surface area contributed by atoms with Gasteiger partial charge in [0.25, 0.3) is 0 Å². The van der Waals surface area contributed by atoms with E-state index < -0.39 is 0 Å². The summed E-state index contributed by atoms with van der Waals surface area (Å²) in [6.45, 7) is 6.90. The maximum Gasteiger partial charge on any atom is 0.00388 e. The van der Waals surface area contributed by atoms with Crippen LogP contribution < -0.4 is 5.73 Å². The van der Waals surface area contributed by atoms with Gasteiger partial charge in [0, 0.05) is 6.04 Å². The van der Waals surface area contributed by atoms with Gasteiger partial charge in [-0.3, -0.25) is 0 Å². The van der Waals surface area contributed by atoms with Gasteiger partial charge in [-0.25, -0.2) is 0 Å². The van der Waals surface area contributed by atoms with Gasteiger partial charge in [0.1, 0.15) is 0 Å². The average molecular weight is 406 g/mol. The molecule has 0 saturated heterocycles. The van der Waals surface area contributed by atoms with E-state index in [1.54, 1.807) is 0 Å². The first kappa shape index (κ1) is 28.4. The molecule has 0 radical (unpaired) electrons. The first-order valence-electron chi connectivity index (χ1n) is 13.2. The molecule has 0 aromatic heterocycles. The number of nitrogens with two attached hydrogens (primary N) is 1. The summed E-state index contributed by atoms with van der Waals surface area (Å²) in [5.74, 6) is 0.854. The SMILES string of the molecule is CCCCCC=CCC=CCCCCCCCCCC(N)CCCCCC(C)C. The largest absolute Gasteiger partial charge is 0.328 e. The minimum Gasteiger partial charge on any atom is -0.328 e. The first-order valence-corrected chi connectivity index (χ1v) is 13.2. The van der Waals surface area contributed by atoms with E-state index in [1.165, 1.54) is 116 Å². The highest BCUT2D eigenvalue weighted by molar-refractivity contribution is 4.92. The van der Waals surface area contributed by atoms with Gasteiger partial charge in [0.2, 0.25) is 0 Å². The predicted octanol–water partition coefficient (Wildman–Crippen LogP) is 9.51. The second-order valence-corrected chi connectivity index (χ2v) is 9.52. The van der Waals surface area contributed by atoms with Crippen molar-refractivity contribution in [1.29, 1.82) is 0 Å². The van der Waals surface area contributed by atoms with Gasteiger partial charge in [-0.2, -0.15) is 0 Å². The standard InChI is InChI=1S/C28H55N/c1-4-5-6-7-8-9-10-11-12-13-14-15-16-17-18-19-22-25-28(29)26-23-20-21-24-27(2)3/h8-9,11-12,27-28H,4-7,10,13-26,29H2,1-3H3. The highest BCUT2D eigenvalue weighted by Crippen LogP contribution is 2.14. The van der Waals surface area contributed by atoms with Gasteiger partial charge in [-0.1, -0.05) is 122 Å². The Morgan fingerprint density at radius 1 is 0.552 bits per heavy atom. The zero-order valence-corrected chi connectivity index (χ0v) is 20.5. The molecule has 0 aliphatic rings. The Morgan fingerprint density at radius 2 is 1.00 bits per heavy atom. The third-order valence-corrected chi connectivity index (χ3v) is 5.88. The van der Waals surface area contributed by atoms with E-state index in [1.807, 2.05) is 0 Å². The lowest BCUT2D eigenvalue weighted by Gasteiger charge is -2.11. The fraction of sp³-hybridized carbons (Fsp3) is 0.857. The summed E-state index contributed by atoms with van der Waals surface area (Å²) in [6, 6.07) is 0.451. The summed E-state index contributed by atoms with van der Waals surface area (Å²) in [4.78, 5) is 0. The van der Waals surface area contributed by atoms with E-state index in [0.29, 0.717) is 6.04 Å². The number of hydrogen-bond donors (Lipinski definition) is 1. The predicted molar refractivity (Wildman–Crippen MR) is 134 cm³/mol. The molecule has 0 spiro atoms. The van der Waals surface area contributed by atoms with Crippen LogP contribution in [0.25, 0.3) is 0 Å². The Labute approximate surface area is 185 Å². The third kappa shape index (κ3) is 25.4. The molecule has 1 nitrogen and oxygen atoms in total. The van der Waals surface area contributed by atoms with E-state index in [4.69, 9.17) is 5.73 Å². The molecule has 29 heavy (non-hydrogen) atoms. The smallest absolute Gasteiger partial charge is 0.00388 e.